The zero-order valence-corrected chi connectivity index (χ0v) is 10.9. The summed E-state index contributed by atoms with van der Waals surface area (Å²) in [5.41, 5.74) is 5.80. The smallest absolute Gasteiger partial charge is 0.270 e. The summed E-state index contributed by atoms with van der Waals surface area (Å²) in [6.45, 7) is 2.23. The highest BCUT2D eigenvalue weighted by molar-refractivity contribution is 5.76. The second kappa shape index (κ2) is 6.69. The van der Waals surface area contributed by atoms with Gasteiger partial charge in [0.1, 0.15) is 5.75 Å². The van der Waals surface area contributed by atoms with E-state index in [1.807, 2.05) is 0 Å². The van der Waals surface area contributed by atoms with Gasteiger partial charge >= 0.3 is 0 Å². The number of benzene rings is 1. The molecule has 0 saturated carbocycles. The van der Waals surface area contributed by atoms with Crippen LogP contribution in [0.2, 0.25) is 0 Å². The first-order valence-corrected chi connectivity index (χ1v) is 5.79. The number of nitrogens with one attached hydrogen (secondary N) is 1. The normalized spacial score (nSPS) is 11.9. The Labute approximate surface area is 110 Å². The second-order valence-corrected chi connectivity index (χ2v) is 4.19. The fraction of sp³-hybridized carbons (Fsp3) is 0.417. The lowest BCUT2D eigenvalue weighted by atomic mass is 10.1. The molecule has 0 fully saturated rings. The van der Waals surface area contributed by atoms with Crippen molar-refractivity contribution in [2.45, 2.75) is 13.5 Å². The minimum atomic E-state index is -0.463. The van der Waals surface area contributed by atoms with Crippen LogP contribution in [0.15, 0.2) is 18.2 Å². The van der Waals surface area contributed by atoms with Crippen molar-refractivity contribution < 1.29 is 14.5 Å². The molecule has 1 aromatic carbocycles. The fourth-order valence-corrected chi connectivity index (χ4v) is 1.45. The molecular weight excluding hydrogens is 250 g/mol. The standard InChI is InChI=1S/C12H17N3O4/c1-8(12(13)16)7-19-11-4-3-10(15(17)18)5-9(11)6-14-2/h3-5,8,14H,6-7H2,1-2H3,(H2,13,16). The lowest BCUT2D eigenvalue weighted by Crippen LogP contribution is -2.26. The van der Waals surface area contributed by atoms with E-state index in [-0.39, 0.29) is 12.3 Å². The number of nitro groups is 1. The minimum absolute atomic E-state index is 0.000509. The number of carbonyl (C=O) groups excluding carboxylic acids is 1. The van der Waals surface area contributed by atoms with E-state index in [1.165, 1.54) is 18.2 Å². The van der Waals surface area contributed by atoms with Crippen LogP contribution in [-0.2, 0) is 11.3 Å². The highest BCUT2D eigenvalue weighted by Crippen LogP contribution is 2.24. The van der Waals surface area contributed by atoms with Crippen LogP contribution in [0.3, 0.4) is 0 Å². The largest absolute Gasteiger partial charge is 0.492 e. The molecule has 1 unspecified atom stereocenters. The molecule has 1 rings (SSSR count). The minimum Gasteiger partial charge on any atom is -0.492 e. The number of hydrogen-bond acceptors (Lipinski definition) is 5. The first kappa shape index (κ1) is 14.9. The van der Waals surface area contributed by atoms with Gasteiger partial charge in [0.15, 0.2) is 0 Å². The third kappa shape index (κ3) is 4.22. The molecule has 19 heavy (non-hydrogen) atoms. The summed E-state index contributed by atoms with van der Waals surface area (Å²) in [6, 6.07) is 4.34. The number of ether oxygens (including phenoxy) is 1. The van der Waals surface area contributed by atoms with E-state index in [9.17, 15) is 14.9 Å². The molecule has 0 aliphatic rings. The van der Waals surface area contributed by atoms with Crippen LogP contribution >= 0.6 is 0 Å². The molecule has 0 heterocycles. The Kier molecular flexibility index (Phi) is 5.25. The number of nitrogens with two attached hydrogens (primary N) is 1. The van der Waals surface area contributed by atoms with Crippen molar-refractivity contribution in [3.05, 3.63) is 33.9 Å². The van der Waals surface area contributed by atoms with Crippen molar-refractivity contribution >= 4 is 11.6 Å². The van der Waals surface area contributed by atoms with Gasteiger partial charge in [-0.3, -0.25) is 14.9 Å². The van der Waals surface area contributed by atoms with Crippen molar-refractivity contribution in [3.63, 3.8) is 0 Å². The zero-order chi connectivity index (χ0) is 14.4. The lowest BCUT2D eigenvalue weighted by Gasteiger charge is -2.13. The molecule has 0 spiro atoms. The Morgan fingerprint density at radius 2 is 2.26 bits per heavy atom. The van der Waals surface area contributed by atoms with Gasteiger partial charge in [-0.15, -0.1) is 0 Å². The van der Waals surface area contributed by atoms with Gasteiger partial charge in [0, 0.05) is 24.2 Å². The molecule has 0 bridgehead atoms. The highest BCUT2D eigenvalue weighted by atomic mass is 16.6. The summed E-state index contributed by atoms with van der Waals surface area (Å²) in [6.07, 6.45) is 0. The van der Waals surface area contributed by atoms with Crippen molar-refractivity contribution in [1.82, 2.24) is 5.32 Å². The molecule has 0 saturated heterocycles. The van der Waals surface area contributed by atoms with E-state index >= 15 is 0 Å². The maximum Gasteiger partial charge on any atom is 0.270 e. The Bertz CT molecular complexity index is 476. The number of amides is 1. The van der Waals surface area contributed by atoms with Gasteiger partial charge in [-0.2, -0.15) is 0 Å². The maximum atomic E-state index is 10.9. The summed E-state index contributed by atoms with van der Waals surface area (Å²) < 4.78 is 5.48. The van der Waals surface area contributed by atoms with Crippen molar-refractivity contribution in [2.24, 2.45) is 11.7 Å². The molecule has 1 aromatic rings. The first-order chi connectivity index (χ1) is 8.95. The zero-order valence-electron chi connectivity index (χ0n) is 10.9. The van der Waals surface area contributed by atoms with Gasteiger partial charge in [0.2, 0.25) is 5.91 Å². The first-order valence-electron chi connectivity index (χ1n) is 5.79. The summed E-state index contributed by atoms with van der Waals surface area (Å²) in [7, 11) is 1.73. The van der Waals surface area contributed by atoms with E-state index < -0.39 is 16.7 Å². The Morgan fingerprint density at radius 1 is 1.58 bits per heavy atom. The predicted octanol–water partition coefficient (Wildman–Crippen LogP) is 0.814. The number of nitro benzene ring substituents is 1. The number of carbonyl (C=O) groups is 1. The molecule has 0 radical (unpaired) electrons. The van der Waals surface area contributed by atoms with Crippen molar-refractivity contribution in [3.8, 4) is 5.75 Å². The van der Waals surface area contributed by atoms with E-state index in [2.05, 4.69) is 5.32 Å². The van der Waals surface area contributed by atoms with Gasteiger partial charge in [0.25, 0.3) is 5.69 Å². The average molecular weight is 267 g/mol. The molecule has 0 aliphatic carbocycles. The maximum absolute atomic E-state index is 10.9. The molecule has 104 valence electrons. The molecule has 1 amide bonds. The van der Waals surface area contributed by atoms with Crippen LogP contribution in [0.5, 0.6) is 5.75 Å². The number of primary amides is 1. The van der Waals surface area contributed by atoms with Crippen LogP contribution in [-0.4, -0.2) is 24.5 Å². The van der Waals surface area contributed by atoms with E-state index in [1.54, 1.807) is 14.0 Å². The van der Waals surface area contributed by atoms with Crippen LogP contribution in [0.25, 0.3) is 0 Å². The van der Waals surface area contributed by atoms with E-state index in [0.717, 1.165) is 0 Å². The average Bonchev–Trinajstić information content (AvgIpc) is 2.36. The van der Waals surface area contributed by atoms with Gasteiger partial charge in [-0.25, -0.2) is 0 Å². The Hall–Kier alpha value is -2.15. The molecule has 7 heteroatoms. The van der Waals surface area contributed by atoms with Gasteiger partial charge in [-0.1, -0.05) is 6.92 Å². The Morgan fingerprint density at radius 3 is 2.79 bits per heavy atom. The van der Waals surface area contributed by atoms with Gasteiger partial charge < -0.3 is 15.8 Å². The van der Waals surface area contributed by atoms with Crippen molar-refractivity contribution in [2.75, 3.05) is 13.7 Å². The second-order valence-electron chi connectivity index (χ2n) is 4.19. The van der Waals surface area contributed by atoms with E-state index in [0.29, 0.717) is 17.9 Å². The van der Waals surface area contributed by atoms with Crippen LogP contribution in [0.4, 0.5) is 5.69 Å². The number of hydrogen-bond donors (Lipinski definition) is 2. The highest BCUT2D eigenvalue weighted by Gasteiger charge is 2.14. The molecular formula is C12H17N3O4. The quantitative estimate of drug-likeness (QED) is 0.561. The van der Waals surface area contributed by atoms with E-state index in [4.69, 9.17) is 10.5 Å². The fourth-order valence-electron chi connectivity index (χ4n) is 1.45. The lowest BCUT2D eigenvalue weighted by molar-refractivity contribution is -0.384. The van der Waals surface area contributed by atoms with Crippen LogP contribution in [0, 0.1) is 16.0 Å². The Balaban J connectivity index is 2.87. The molecule has 7 nitrogen and oxygen atoms in total. The summed E-state index contributed by atoms with van der Waals surface area (Å²) in [5.74, 6) is -0.359. The number of non-ortho nitro benzene ring substituents is 1. The molecule has 1 atom stereocenters. The van der Waals surface area contributed by atoms with Gasteiger partial charge in [-0.05, 0) is 13.1 Å². The van der Waals surface area contributed by atoms with Gasteiger partial charge in [0.05, 0.1) is 17.4 Å². The molecule has 0 aliphatic heterocycles. The summed E-state index contributed by atoms with van der Waals surface area (Å²) >= 11 is 0. The summed E-state index contributed by atoms with van der Waals surface area (Å²) in [4.78, 5) is 21.2. The molecule has 0 aromatic heterocycles. The predicted molar refractivity (Wildman–Crippen MR) is 69.7 cm³/mol. The summed E-state index contributed by atoms with van der Waals surface area (Å²) in [5, 5.41) is 13.6. The van der Waals surface area contributed by atoms with Crippen LogP contribution in [0.1, 0.15) is 12.5 Å². The topological polar surface area (TPSA) is 107 Å². The monoisotopic (exact) mass is 267 g/mol. The third-order valence-electron chi connectivity index (χ3n) is 2.60. The van der Waals surface area contributed by atoms with Crippen molar-refractivity contribution in [1.29, 1.82) is 0 Å². The number of rotatable bonds is 7. The molecule has 3 N–H and O–H groups in total. The van der Waals surface area contributed by atoms with Crippen LogP contribution < -0.4 is 15.8 Å². The SMILES string of the molecule is CNCc1cc([N+](=O)[O-])ccc1OCC(C)C(N)=O. The third-order valence-corrected chi connectivity index (χ3v) is 2.60. The number of nitrogens with zero attached hydrogens (tertiary/aromatic N) is 1.